The normalized spacial score (nSPS) is 14.6. The van der Waals surface area contributed by atoms with Crippen molar-refractivity contribution in [3.63, 3.8) is 0 Å². The Morgan fingerprint density at radius 3 is 2.75 bits per heavy atom. The first kappa shape index (κ1) is 22.7. The highest BCUT2D eigenvalue weighted by molar-refractivity contribution is 7.16. The number of amides is 1. The van der Waals surface area contributed by atoms with E-state index in [0.29, 0.717) is 17.0 Å². The summed E-state index contributed by atoms with van der Waals surface area (Å²) in [7, 11) is 0. The Morgan fingerprint density at radius 1 is 1.25 bits per heavy atom. The van der Waals surface area contributed by atoms with E-state index < -0.39 is 5.91 Å². The van der Waals surface area contributed by atoms with Crippen LogP contribution in [0.2, 0.25) is 0 Å². The predicted octanol–water partition coefficient (Wildman–Crippen LogP) is 5.19. The lowest BCUT2D eigenvalue weighted by molar-refractivity contribution is 0.100. The van der Waals surface area contributed by atoms with Gasteiger partial charge in [-0.05, 0) is 64.9 Å². The summed E-state index contributed by atoms with van der Waals surface area (Å²) < 4.78 is 5.89. The SMILES string of the molecule is Cc1nc(CN2CCCCC2)sc1-c1csc(Nc2cc(C(N)=O)ccc2OC(C)C)n1. The third-order valence-electron chi connectivity index (χ3n) is 5.25. The van der Waals surface area contributed by atoms with Gasteiger partial charge in [0, 0.05) is 10.9 Å². The lowest BCUT2D eigenvalue weighted by Crippen LogP contribution is -2.28. The first-order valence-electron chi connectivity index (χ1n) is 10.9. The van der Waals surface area contributed by atoms with Gasteiger partial charge >= 0.3 is 0 Å². The molecule has 0 bridgehead atoms. The lowest BCUT2D eigenvalue weighted by Gasteiger charge is -2.25. The average molecular weight is 472 g/mol. The highest BCUT2D eigenvalue weighted by Crippen LogP contribution is 2.36. The average Bonchev–Trinajstić information content (AvgIpc) is 3.35. The van der Waals surface area contributed by atoms with E-state index in [9.17, 15) is 4.79 Å². The molecule has 0 atom stereocenters. The standard InChI is InChI=1S/C23H29N5O2S2/c1-14(2)30-19-8-7-16(22(24)29)11-17(19)26-23-27-18(13-31-23)21-15(3)25-20(32-21)12-28-9-5-4-6-10-28/h7-8,11,13-14H,4-6,9-10,12H2,1-3H3,(H2,24,29)(H,26,27). The molecule has 2 aromatic heterocycles. The summed E-state index contributed by atoms with van der Waals surface area (Å²) in [4.78, 5) is 24.8. The van der Waals surface area contributed by atoms with Gasteiger partial charge in [0.25, 0.3) is 0 Å². The molecule has 170 valence electrons. The Balaban J connectivity index is 1.53. The van der Waals surface area contributed by atoms with Crippen LogP contribution in [0.1, 0.15) is 54.2 Å². The predicted molar refractivity (Wildman–Crippen MR) is 131 cm³/mol. The zero-order valence-corrected chi connectivity index (χ0v) is 20.3. The number of thiazole rings is 2. The minimum atomic E-state index is -0.481. The minimum absolute atomic E-state index is 0.00000153. The van der Waals surface area contributed by atoms with Gasteiger partial charge in [-0.25, -0.2) is 9.97 Å². The Morgan fingerprint density at radius 2 is 2.03 bits per heavy atom. The molecule has 0 radical (unpaired) electrons. The van der Waals surface area contributed by atoms with Crippen LogP contribution in [0.5, 0.6) is 5.75 Å². The van der Waals surface area contributed by atoms with Gasteiger partial charge in [-0.3, -0.25) is 9.69 Å². The number of hydrogen-bond donors (Lipinski definition) is 2. The second-order valence-corrected chi connectivity index (χ2v) is 10.2. The molecule has 3 heterocycles. The first-order chi connectivity index (χ1) is 15.4. The number of rotatable bonds is 8. The molecule has 7 nitrogen and oxygen atoms in total. The number of aryl methyl sites for hydroxylation is 1. The molecule has 1 aliphatic heterocycles. The second kappa shape index (κ2) is 9.97. The van der Waals surface area contributed by atoms with Gasteiger partial charge in [-0.1, -0.05) is 6.42 Å². The molecule has 0 saturated carbocycles. The van der Waals surface area contributed by atoms with Crippen LogP contribution < -0.4 is 15.8 Å². The Bertz CT molecular complexity index is 1090. The summed E-state index contributed by atoms with van der Waals surface area (Å²) in [6.45, 7) is 9.19. The lowest BCUT2D eigenvalue weighted by atomic mass is 10.1. The smallest absolute Gasteiger partial charge is 0.248 e. The summed E-state index contributed by atoms with van der Waals surface area (Å²) in [6.07, 6.45) is 3.88. The van der Waals surface area contributed by atoms with E-state index >= 15 is 0 Å². The Hall–Kier alpha value is -2.49. The van der Waals surface area contributed by atoms with E-state index in [-0.39, 0.29) is 6.10 Å². The molecule has 1 saturated heterocycles. The van der Waals surface area contributed by atoms with Crippen LogP contribution >= 0.6 is 22.7 Å². The number of nitrogens with zero attached hydrogens (tertiary/aromatic N) is 3. The number of nitrogens with two attached hydrogens (primary N) is 1. The Kier molecular flexibility index (Phi) is 7.07. The van der Waals surface area contributed by atoms with Crippen molar-refractivity contribution in [3.8, 4) is 16.3 Å². The number of primary amides is 1. The van der Waals surface area contributed by atoms with Crippen LogP contribution in [0.25, 0.3) is 10.6 Å². The van der Waals surface area contributed by atoms with Gasteiger partial charge < -0.3 is 15.8 Å². The third-order valence-corrected chi connectivity index (χ3v) is 7.18. The van der Waals surface area contributed by atoms with Crippen molar-refractivity contribution in [2.75, 3.05) is 18.4 Å². The highest BCUT2D eigenvalue weighted by atomic mass is 32.1. The molecule has 0 aliphatic carbocycles. The van der Waals surface area contributed by atoms with E-state index in [1.165, 1.54) is 30.6 Å². The van der Waals surface area contributed by atoms with Gasteiger partial charge in [-0.2, -0.15) is 0 Å². The van der Waals surface area contributed by atoms with E-state index in [1.54, 1.807) is 29.5 Å². The van der Waals surface area contributed by atoms with Crippen LogP contribution in [-0.2, 0) is 6.54 Å². The Labute approximate surface area is 196 Å². The summed E-state index contributed by atoms with van der Waals surface area (Å²) >= 11 is 3.23. The highest BCUT2D eigenvalue weighted by Gasteiger charge is 2.18. The third kappa shape index (κ3) is 5.46. The molecule has 32 heavy (non-hydrogen) atoms. The van der Waals surface area contributed by atoms with Crippen molar-refractivity contribution >= 4 is 39.4 Å². The van der Waals surface area contributed by atoms with Crippen molar-refractivity contribution in [3.05, 3.63) is 39.8 Å². The molecular formula is C23H29N5O2S2. The molecule has 0 unspecified atom stereocenters. The second-order valence-electron chi connectivity index (χ2n) is 8.26. The van der Waals surface area contributed by atoms with E-state index in [0.717, 1.165) is 46.0 Å². The van der Waals surface area contributed by atoms with E-state index in [4.69, 9.17) is 20.4 Å². The topological polar surface area (TPSA) is 93.4 Å². The summed E-state index contributed by atoms with van der Waals surface area (Å²) in [5.41, 5.74) is 8.47. The quantitative estimate of drug-likeness (QED) is 0.470. The van der Waals surface area contributed by atoms with Gasteiger partial charge in [0.05, 0.1) is 34.6 Å². The van der Waals surface area contributed by atoms with E-state index in [1.807, 2.05) is 26.2 Å². The summed E-state index contributed by atoms with van der Waals surface area (Å²) in [5.74, 6) is 0.171. The maximum Gasteiger partial charge on any atom is 0.248 e. The van der Waals surface area contributed by atoms with Gasteiger partial charge in [-0.15, -0.1) is 22.7 Å². The molecule has 1 fully saturated rings. The fraction of sp³-hybridized carbons (Fsp3) is 0.435. The first-order valence-corrected chi connectivity index (χ1v) is 12.6. The number of carbonyl (C=O) groups excluding carboxylic acids is 1. The molecule has 4 rings (SSSR count). The molecule has 0 spiro atoms. The summed E-state index contributed by atoms with van der Waals surface area (Å²) in [6, 6.07) is 5.13. The van der Waals surface area contributed by atoms with Gasteiger partial charge in [0.2, 0.25) is 5.91 Å². The molecule has 3 N–H and O–H groups in total. The zero-order chi connectivity index (χ0) is 22.7. The largest absolute Gasteiger partial charge is 0.489 e. The number of benzene rings is 1. The van der Waals surface area contributed by atoms with Crippen LogP contribution in [-0.4, -0.2) is 40.0 Å². The van der Waals surface area contributed by atoms with Crippen molar-refractivity contribution in [2.45, 2.75) is 52.7 Å². The van der Waals surface area contributed by atoms with Crippen molar-refractivity contribution in [1.29, 1.82) is 0 Å². The number of piperidine rings is 1. The van der Waals surface area contributed by atoms with Gasteiger partial charge in [0.15, 0.2) is 5.13 Å². The number of aromatic nitrogens is 2. The maximum absolute atomic E-state index is 11.6. The fourth-order valence-corrected chi connectivity index (χ4v) is 5.61. The zero-order valence-electron chi connectivity index (χ0n) is 18.7. The van der Waals surface area contributed by atoms with E-state index in [2.05, 4.69) is 10.2 Å². The van der Waals surface area contributed by atoms with Crippen molar-refractivity contribution in [2.24, 2.45) is 5.73 Å². The molecule has 1 amide bonds. The molecule has 3 aromatic rings. The molecule has 1 aliphatic rings. The molecule has 9 heteroatoms. The number of likely N-dealkylation sites (tertiary alicyclic amines) is 1. The molecular weight excluding hydrogens is 442 g/mol. The van der Waals surface area contributed by atoms with Crippen LogP contribution in [0.3, 0.4) is 0 Å². The number of carbonyl (C=O) groups is 1. The maximum atomic E-state index is 11.6. The van der Waals surface area contributed by atoms with Gasteiger partial charge in [0.1, 0.15) is 10.8 Å². The number of nitrogens with one attached hydrogen (secondary N) is 1. The van der Waals surface area contributed by atoms with Crippen LogP contribution in [0.15, 0.2) is 23.6 Å². The minimum Gasteiger partial charge on any atom is -0.489 e. The van der Waals surface area contributed by atoms with Crippen molar-refractivity contribution < 1.29 is 9.53 Å². The monoisotopic (exact) mass is 471 g/mol. The van der Waals surface area contributed by atoms with Crippen molar-refractivity contribution in [1.82, 2.24) is 14.9 Å². The molecule has 1 aromatic carbocycles. The van der Waals surface area contributed by atoms with Crippen LogP contribution in [0, 0.1) is 6.92 Å². The fourth-order valence-electron chi connectivity index (χ4n) is 3.75. The summed E-state index contributed by atoms with van der Waals surface area (Å²) in [5, 5.41) is 7.21. The number of hydrogen-bond acceptors (Lipinski definition) is 8. The number of ether oxygens (including phenoxy) is 1. The van der Waals surface area contributed by atoms with Crippen LogP contribution in [0.4, 0.5) is 10.8 Å². The number of anilines is 2.